The van der Waals surface area contributed by atoms with Crippen LogP contribution in [0, 0.1) is 6.92 Å². The number of rotatable bonds is 4. The zero-order valence-corrected chi connectivity index (χ0v) is 9.97. The van der Waals surface area contributed by atoms with Crippen LogP contribution in [0.1, 0.15) is 28.9 Å². The molecule has 0 aromatic carbocycles. The minimum atomic E-state index is -1.02. The normalized spacial score (nSPS) is 19.5. The maximum absolute atomic E-state index is 11.1. The van der Waals surface area contributed by atoms with Crippen LogP contribution < -0.4 is 4.74 Å². The Bertz CT molecular complexity index is 421. The summed E-state index contributed by atoms with van der Waals surface area (Å²) in [6.45, 7) is 2.78. The molecule has 2 heterocycles. The van der Waals surface area contributed by atoms with Gasteiger partial charge in [-0.2, -0.15) is 5.10 Å². The lowest BCUT2D eigenvalue weighted by Crippen LogP contribution is -2.18. The van der Waals surface area contributed by atoms with Crippen LogP contribution in [0.4, 0.5) is 0 Å². The highest BCUT2D eigenvalue weighted by molar-refractivity contribution is 5.91. The number of ether oxygens (including phenoxy) is 2. The number of carboxylic acids is 1. The quantitative estimate of drug-likeness (QED) is 0.849. The Morgan fingerprint density at radius 1 is 1.71 bits per heavy atom. The molecule has 94 valence electrons. The van der Waals surface area contributed by atoms with Crippen molar-refractivity contribution < 1.29 is 19.4 Å². The van der Waals surface area contributed by atoms with Crippen molar-refractivity contribution in [2.24, 2.45) is 7.05 Å². The Kier molecular flexibility index (Phi) is 3.33. The highest BCUT2D eigenvalue weighted by Crippen LogP contribution is 2.22. The maximum atomic E-state index is 11.1. The fourth-order valence-corrected chi connectivity index (χ4v) is 2.00. The van der Waals surface area contributed by atoms with E-state index in [0.29, 0.717) is 18.2 Å². The summed E-state index contributed by atoms with van der Waals surface area (Å²) in [5.41, 5.74) is 0.591. The van der Waals surface area contributed by atoms with Crippen LogP contribution in [-0.4, -0.2) is 40.2 Å². The Morgan fingerprint density at radius 3 is 3.06 bits per heavy atom. The Hall–Kier alpha value is -1.56. The number of hydrogen-bond acceptors (Lipinski definition) is 4. The second kappa shape index (κ2) is 4.75. The van der Waals surface area contributed by atoms with Gasteiger partial charge in [0.05, 0.1) is 11.8 Å². The van der Waals surface area contributed by atoms with Gasteiger partial charge in [0.15, 0.2) is 0 Å². The number of carboxylic acid groups (broad SMARTS) is 1. The third-order valence-electron chi connectivity index (χ3n) is 2.81. The average Bonchev–Trinajstić information content (AvgIpc) is 2.83. The smallest absolute Gasteiger partial charge is 0.343 e. The molecule has 1 aliphatic heterocycles. The molecule has 0 amide bonds. The Labute approximate surface area is 99.1 Å². The van der Waals surface area contributed by atoms with Gasteiger partial charge in [-0.15, -0.1) is 0 Å². The van der Waals surface area contributed by atoms with E-state index >= 15 is 0 Å². The fraction of sp³-hybridized carbons (Fsp3) is 0.636. The minimum absolute atomic E-state index is 0.0619. The second-order valence-corrected chi connectivity index (χ2v) is 4.14. The van der Waals surface area contributed by atoms with E-state index in [1.54, 1.807) is 14.0 Å². The van der Waals surface area contributed by atoms with Gasteiger partial charge in [0.25, 0.3) is 0 Å². The largest absolute Gasteiger partial charge is 0.477 e. The van der Waals surface area contributed by atoms with E-state index in [4.69, 9.17) is 14.6 Å². The van der Waals surface area contributed by atoms with Gasteiger partial charge in [0.1, 0.15) is 12.2 Å². The summed E-state index contributed by atoms with van der Waals surface area (Å²) in [4.78, 5) is 11.1. The topological polar surface area (TPSA) is 73.6 Å². The first kappa shape index (κ1) is 11.9. The standard InChI is InChI=1S/C11H16N2O4/c1-7-9(11(14)15)10(13(2)12-7)17-6-8-4-3-5-16-8/h8H,3-6H2,1-2H3,(H,14,15). The molecular weight excluding hydrogens is 224 g/mol. The van der Waals surface area contributed by atoms with Crippen LogP contribution in [0.15, 0.2) is 0 Å². The molecule has 1 fully saturated rings. The predicted octanol–water partition coefficient (Wildman–Crippen LogP) is 0.985. The minimum Gasteiger partial charge on any atom is -0.477 e. The van der Waals surface area contributed by atoms with Crippen molar-refractivity contribution in [2.45, 2.75) is 25.9 Å². The monoisotopic (exact) mass is 240 g/mol. The first-order valence-corrected chi connectivity index (χ1v) is 5.61. The summed E-state index contributed by atoms with van der Waals surface area (Å²) in [5.74, 6) is -0.719. The second-order valence-electron chi connectivity index (χ2n) is 4.14. The SMILES string of the molecule is Cc1nn(C)c(OCC2CCCO2)c1C(=O)O. The third kappa shape index (κ3) is 2.41. The lowest BCUT2D eigenvalue weighted by Gasteiger charge is -2.11. The zero-order valence-electron chi connectivity index (χ0n) is 9.97. The Balaban J connectivity index is 2.11. The van der Waals surface area contributed by atoms with Crippen LogP contribution in [0.2, 0.25) is 0 Å². The summed E-state index contributed by atoms with van der Waals surface area (Å²) >= 11 is 0. The third-order valence-corrected chi connectivity index (χ3v) is 2.81. The first-order chi connectivity index (χ1) is 8.09. The number of hydrogen-bond donors (Lipinski definition) is 1. The molecule has 0 spiro atoms. The number of aromatic carboxylic acids is 1. The molecule has 1 aliphatic rings. The van der Waals surface area contributed by atoms with Crippen LogP contribution in [0.5, 0.6) is 5.88 Å². The lowest BCUT2D eigenvalue weighted by atomic mass is 10.2. The molecule has 17 heavy (non-hydrogen) atoms. The van der Waals surface area contributed by atoms with Crippen molar-refractivity contribution in [3.63, 3.8) is 0 Å². The van der Waals surface area contributed by atoms with Crippen LogP contribution in [-0.2, 0) is 11.8 Å². The summed E-state index contributed by atoms with van der Waals surface area (Å²) < 4.78 is 12.4. The summed E-state index contributed by atoms with van der Waals surface area (Å²) in [6.07, 6.45) is 2.05. The van der Waals surface area contributed by atoms with E-state index in [9.17, 15) is 4.79 Å². The summed E-state index contributed by atoms with van der Waals surface area (Å²) in [7, 11) is 1.67. The van der Waals surface area contributed by atoms with Gasteiger partial charge >= 0.3 is 5.97 Å². The van der Waals surface area contributed by atoms with Gasteiger partial charge in [-0.3, -0.25) is 0 Å². The van der Waals surface area contributed by atoms with Gasteiger partial charge in [0, 0.05) is 13.7 Å². The fourth-order valence-electron chi connectivity index (χ4n) is 2.00. The van der Waals surface area contributed by atoms with Crippen LogP contribution >= 0.6 is 0 Å². The van der Waals surface area contributed by atoms with Crippen LogP contribution in [0.25, 0.3) is 0 Å². The molecule has 2 rings (SSSR count). The predicted molar refractivity (Wildman–Crippen MR) is 59.4 cm³/mol. The summed E-state index contributed by atoms with van der Waals surface area (Å²) in [6, 6.07) is 0. The van der Waals surface area contributed by atoms with Gasteiger partial charge in [0.2, 0.25) is 5.88 Å². The van der Waals surface area contributed by atoms with Crippen molar-refractivity contribution in [1.82, 2.24) is 9.78 Å². The molecule has 1 aromatic rings. The lowest BCUT2D eigenvalue weighted by molar-refractivity contribution is 0.0607. The number of aryl methyl sites for hydroxylation is 2. The van der Waals surface area contributed by atoms with Gasteiger partial charge in [-0.1, -0.05) is 0 Å². The molecule has 1 saturated heterocycles. The molecule has 0 bridgehead atoms. The highest BCUT2D eigenvalue weighted by Gasteiger charge is 2.23. The van der Waals surface area contributed by atoms with E-state index in [1.165, 1.54) is 4.68 Å². The van der Waals surface area contributed by atoms with Gasteiger partial charge < -0.3 is 14.6 Å². The van der Waals surface area contributed by atoms with Crippen molar-refractivity contribution in [3.8, 4) is 5.88 Å². The van der Waals surface area contributed by atoms with E-state index in [-0.39, 0.29) is 11.7 Å². The van der Waals surface area contributed by atoms with E-state index in [2.05, 4.69) is 5.10 Å². The average molecular weight is 240 g/mol. The molecule has 6 nitrogen and oxygen atoms in total. The number of carbonyl (C=O) groups is 1. The van der Waals surface area contributed by atoms with E-state index in [0.717, 1.165) is 19.4 Å². The number of aromatic nitrogens is 2. The molecule has 0 aliphatic carbocycles. The number of nitrogens with zero attached hydrogens (tertiary/aromatic N) is 2. The van der Waals surface area contributed by atoms with Crippen molar-refractivity contribution in [2.75, 3.05) is 13.2 Å². The van der Waals surface area contributed by atoms with Crippen LogP contribution in [0.3, 0.4) is 0 Å². The molecule has 0 radical (unpaired) electrons. The zero-order chi connectivity index (χ0) is 12.4. The molecule has 6 heteroatoms. The van der Waals surface area contributed by atoms with Gasteiger partial charge in [-0.05, 0) is 19.8 Å². The molecule has 1 atom stereocenters. The Morgan fingerprint density at radius 2 is 2.47 bits per heavy atom. The molecule has 1 unspecified atom stereocenters. The van der Waals surface area contributed by atoms with E-state index < -0.39 is 5.97 Å². The molecular formula is C11H16N2O4. The molecule has 1 aromatic heterocycles. The van der Waals surface area contributed by atoms with E-state index in [1.807, 2.05) is 0 Å². The van der Waals surface area contributed by atoms with Crippen molar-refractivity contribution in [3.05, 3.63) is 11.3 Å². The van der Waals surface area contributed by atoms with Gasteiger partial charge in [-0.25, -0.2) is 9.48 Å². The van der Waals surface area contributed by atoms with Crippen molar-refractivity contribution >= 4 is 5.97 Å². The summed E-state index contributed by atoms with van der Waals surface area (Å²) in [5, 5.41) is 13.1. The molecule has 0 saturated carbocycles. The first-order valence-electron chi connectivity index (χ1n) is 5.61. The maximum Gasteiger partial charge on any atom is 0.343 e. The molecule has 1 N–H and O–H groups in total. The highest BCUT2D eigenvalue weighted by atomic mass is 16.5. The van der Waals surface area contributed by atoms with Crippen molar-refractivity contribution in [1.29, 1.82) is 0 Å².